The summed E-state index contributed by atoms with van der Waals surface area (Å²) >= 11 is 0. The Bertz CT molecular complexity index is 1200. The number of fused-ring (bicyclic) bond motifs is 2. The van der Waals surface area contributed by atoms with Gasteiger partial charge in [-0.3, -0.25) is 4.79 Å². The average molecular weight is 382 g/mol. The summed E-state index contributed by atoms with van der Waals surface area (Å²) in [6.45, 7) is 3.67. The third-order valence-electron chi connectivity index (χ3n) is 4.63. The lowest BCUT2D eigenvalue weighted by Gasteiger charge is -2.30. The third-order valence-corrected chi connectivity index (χ3v) is 4.63. The number of benzene rings is 2. The Hall–Kier alpha value is -3.61. The summed E-state index contributed by atoms with van der Waals surface area (Å²) in [4.78, 5) is 13.1. The summed E-state index contributed by atoms with van der Waals surface area (Å²) in [5, 5.41) is 30.2. The predicted molar refractivity (Wildman–Crippen MR) is 103 cm³/mol. The Morgan fingerprint density at radius 3 is 2.54 bits per heavy atom. The number of methoxy groups -OCH3 is 1. The van der Waals surface area contributed by atoms with Gasteiger partial charge in [0.15, 0.2) is 11.5 Å². The molecule has 0 saturated heterocycles. The van der Waals surface area contributed by atoms with E-state index in [4.69, 9.17) is 13.9 Å². The fourth-order valence-electron chi connectivity index (χ4n) is 3.27. The molecular weight excluding hydrogens is 364 g/mol. The van der Waals surface area contributed by atoms with E-state index in [0.29, 0.717) is 11.1 Å². The lowest BCUT2D eigenvalue weighted by atomic mass is 9.93. The molecule has 1 aromatic heterocycles. The second-order valence-corrected chi connectivity index (χ2v) is 7.07. The fraction of sp³-hybridized carbons (Fsp3) is 0.190. The van der Waals surface area contributed by atoms with Gasteiger partial charge >= 0.3 is 0 Å². The first-order chi connectivity index (χ1) is 13.2. The molecule has 1 aliphatic rings. The number of ether oxygens (including phenoxy) is 2. The minimum atomic E-state index is -0.655. The van der Waals surface area contributed by atoms with Crippen LogP contribution in [-0.4, -0.2) is 28.0 Å². The summed E-state index contributed by atoms with van der Waals surface area (Å²) in [5.41, 5.74) is -0.0402. The predicted octanol–water partition coefficient (Wildman–Crippen LogP) is 3.77. The fourth-order valence-corrected chi connectivity index (χ4v) is 3.27. The molecule has 0 unspecified atom stereocenters. The van der Waals surface area contributed by atoms with E-state index < -0.39 is 16.8 Å². The van der Waals surface area contributed by atoms with Gasteiger partial charge in [0.25, 0.3) is 0 Å². The summed E-state index contributed by atoms with van der Waals surface area (Å²) < 4.78 is 16.6. The van der Waals surface area contributed by atoms with Crippen LogP contribution < -0.4 is 14.9 Å². The molecule has 7 nitrogen and oxygen atoms in total. The van der Waals surface area contributed by atoms with E-state index in [1.807, 2.05) is 19.9 Å². The highest BCUT2D eigenvalue weighted by atomic mass is 16.5. The zero-order valence-corrected chi connectivity index (χ0v) is 15.4. The molecule has 0 amide bonds. The third kappa shape index (κ3) is 2.63. The number of aromatic hydroxyl groups is 3. The van der Waals surface area contributed by atoms with E-state index in [1.54, 1.807) is 6.08 Å². The van der Waals surface area contributed by atoms with Crippen LogP contribution in [0.1, 0.15) is 19.4 Å². The first-order valence-electron chi connectivity index (χ1n) is 8.52. The van der Waals surface area contributed by atoms with Crippen LogP contribution in [0.4, 0.5) is 0 Å². The van der Waals surface area contributed by atoms with Crippen LogP contribution in [0, 0.1) is 0 Å². The van der Waals surface area contributed by atoms with Gasteiger partial charge in [-0.2, -0.15) is 0 Å². The quantitative estimate of drug-likeness (QED) is 0.619. The van der Waals surface area contributed by atoms with Crippen molar-refractivity contribution in [2.45, 2.75) is 19.4 Å². The summed E-state index contributed by atoms with van der Waals surface area (Å²) in [5.74, 6) is -0.455. The number of hydrogen-bond acceptors (Lipinski definition) is 7. The summed E-state index contributed by atoms with van der Waals surface area (Å²) in [6, 6.07) is 3.83. The van der Waals surface area contributed by atoms with Crippen molar-refractivity contribution < 1.29 is 29.2 Å². The van der Waals surface area contributed by atoms with E-state index in [0.717, 1.165) is 6.07 Å². The van der Waals surface area contributed by atoms with Crippen molar-refractivity contribution in [3.8, 4) is 39.9 Å². The van der Waals surface area contributed by atoms with Crippen LogP contribution in [0.3, 0.4) is 0 Å². The highest BCUT2D eigenvalue weighted by molar-refractivity contribution is 5.91. The summed E-state index contributed by atoms with van der Waals surface area (Å²) in [6.07, 6.45) is 4.81. The van der Waals surface area contributed by atoms with Crippen LogP contribution in [0.25, 0.3) is 28.2 Å². The number of phenols is 3. The largest absolute Gasteiger partial charge is 0.508 e. The van der Waals surface area contributed by atoms with Crippen molar-refractivity contribution in [3.05, 3.63) is 46.3 Å². The smallest absolute Gasteiger partial charge is 0.204 e. The molecule has 0 aliphatic carbocycles. The molecule has 3 aromatic rings. The Labute approximate surface area is 159 Å². The molecule has 7 heteroatoms. The SMILES string of the molecule is COc1cc(-c2coc3cc(O)cc(O)c3c2=O)c2c(c1O)OC(C)(C)C=C2. The number of rotatable bonds is 2. The monoisotopic (exact) mass is 382 g/mol. The molecule has 28 heavy (non-hydrogen) atoms. The molecule has 0 bridgehead atoms. The Morgan fingerprint density at radius 2 is 1.82 bits per heavy atom. The van der Waals surface area contributed by atoms with Gasteiger partial charge in [-0.05, 0) is 26.0 Å². The van der Waals surface area contributed by atoms with E-state index in [9.17, 15) is 20.1 Å². The number of phenolic OH excluding ortho intramolecular Hbond substituents is 3. The van der Waals surface area contributed by atoms with Crippen LogP contribution >= 0.6 is 0 Å². The van der Waals surface area contributed by atoms with E-state index >= 15 is 0 Å². The first-order valence-corrected chi connectivity index (χ1v) is 8.52. The summed E-state index contributed by atoms with van der Waals surface area (Å²) in [7, 11) is 1.40. The molecule has 4 rings (SSSR count). The molecule has 0 spiro atoms. The molecule has 0 saturated carbocycles. The number of hydrogen-bond donors (Lipinski definition) is 3. The van der Waals surface area contributed by atoms with E-state index in [1.165, 1.54) is 25.5 Å². The maximum atomic E-state index is 13.1. The second kappa shape index (κ2) is 5.95. The maximum absolute atomic E-state index is 13.1. The van der Waals surface area contributed by atoms with Crippen molar-refractivity contribution in [2.24, 2.45) is 0 Å². The molecule has 0 fully saturated rings. The van der Waals surface area contributed by atoms with Gasteiger partial charge in [-0.1, -0.05) is 6.08 Å². The van der Waals surface area contributed by atoms with Crippen molar-refractivity contribution in [2.75, 3.05) is 7.11 Å². The minimum absolute atomic E-state index is 0.0544. The van der Waals surface area contributed by atoms with Crippen molar-refractivity contribution in [3.63, 3.8) is 0 Å². The van der Waals surface area contributed by atoms with Gasteiger partial charge in [0.1, 0.15) is 34.3 Å². The maximum Gasteiger partial charge on any atom is 0.204 e. The standard InChI is InChI=1S/C21H18O7/c1-21(2)5-4-11-12(8-16(26-3)19(25)20(11)28-21)13-9-27-15-7-10(22)6-14(23)17(15)18(13)24/h4-9,22-23,25H,1-3H3. The highest BCUT2D eigenvalue weighted by Gasteiger charge is 2.29. The molecule has 3 N–H and O–H groups in total. The average Bonchev–Trinajstić information content (AvgIpc) is 2.62. The molecule has 0 atom stereocenters. The van der Waals surface area contributed by atoms with E-state index in [2.05, 4.69) is 0 Å². The Balaban J connectivity index is 2.06. The normalized spacial score (nSPS) is 14.5. The van der Waals surface area contributed by atoms with Gasteiger partial charge in [0.2, 0.25) is 11.2 Å². The van der Waals surface area contributed by atoms with Crippen LogP contribution in [0.5, 0.6) is 28.7 Å². The van der Waals surface area contributed by atoms with Gasteiger partial charge in [-0.25, -0.2) is 0 Å². The van der Waals surface area contributed by atoms with Crippen molar-refractivity contribution in [1.29, 1.82) is 0 Å². The highest BCUT2D eigenvalue weighted by Crippen LogP contribution is 2.48. The van der Waals surface area contributed by atoms with Crippen LogP contribution in [0.15, 0.2) is 39.7 Å². The molecule has 0 radical (unpaired) electrons. The Morgan fingerprint density at radius 1 is 1.07 bits per heavy atom. The van der Waals surface area contributed by atoms with Crippen molar-refractivity contribution >= 4 is 17.0 Å². The molecule has 1 aliphatic heterocycles. The lowest BCUT2D eigenvalue weighted by molar-refractivity contribution is 0.151. The van der Waals surface area contributed by atoms with Gasteiger partial charge in [0, 0.05) is 23.3 Å². The van der Waals surface area contributed by atoms with Crippen LogP contribution in [0.2, 0.25) is 0 Å². The van der Waals surface area contributed by atoms with Gasteiger partial charge in [-0.15, -0.1) is 0 Å². The second-order valence-electron chi connectivity index (χ2n) is 7.07. The Kier molecular flexibility index (Phi) is 3.78. The topological polar surface area (TPSA) is 109 Å². The minimum Gasteiger partial charge on any atom is -0.508 e. The molecule has 144 valence electrons. The molecule has 2 heterocycles. The lowest BCUT2D eigenvalue weighted by Crippen LogP contribution is -2.27. The molecule has 2 aromatic carbocycles. The van der Waals surface area contributed by atoms with Gasteiger partial charge < -0.3 is 29.2 Å². The van der Waals surface area contributed by atoms with Crippen LogP contribution in [-0.2, 0) is 0 Å². The van der Waals surface area contributed by atoms with Crippen molar-refractivity contribution in [1.82, 2.24) is 0 Å². The zero-order chi connectivity index (χ0) is 20.2. The van der Waals surface area contributed by atoms with E-state index in [-0.39, 0.29) is 39.5 Å². The van der Waals surface area contributed by atoms with Gasteiger partial charge in [0.05, 0.1) is 12.7 Å². The zero-order valence-electron chi connectivity index (χ0n) is 15.4. The molecular formula is C21H18O7. The first kappa shape index (κ1) is 17.8.